The van der Waals surface area contributed by atoms with E-state index in [2.05, 4.69) is 0 Å². The fourth-order valence-corrected chi connectivity index (χ4v) is 3.02. The first kappa shape index (κ1) is 21.8. The fourth-order valence-electron chi connectivity index (χ4n) is 3.02. The van der Waals surface area contributed by atoms with Crippen molar-refractivity contribution in [2.45, 2.75) is 25.7 Å². The Labute approximate surface area is 182 Å². The van der Waals surface area contributed by atoms with Crippen molar-refractivity contribution < 1.29 is 48.8 Å². The van der Waals surface area contributed by atoms with Crippen molar-refractivity contribution in [1.29, 1.82) is 0 Å². The zero-order chi connectivity index (χ0) is 19.6. The second-order valence-electron chi connectivity index (χ2n) is 6.13. The van der Waals surface area contributed by atoms with Gasteiger partial charge in [0.2, 0.25) is 0 Å². The van der Waals surface area contributed by atoms with Crippen LogP contribution in [0, 0.1) is 10.1 Å². The van der Waals surface area contributed by atoms with E-state index in [9.17, 15) is 24.8 Å². The average molecular weight is 389 g/mol. The molecule has 0 saturated carbocycles. The number of carbonyl (C=O) groups excluding carboxylic acids is 1. The summed E-state index contributed by atoms with van der Waals surface area (Å²) in [7, 11) is 0. The molecule has 8 heteroatoms. The number of ketones is 1. The SMILES string of the molecule is CCC(=O)CC(c1ccc([N+](=O)[O-])cc1)c1c([O-])c2ccccc2oc1=O.[Na+]. The van der Waals surface area contributed by atoms with Crippen LogP contribution >= 0.6 is 0 Å². The van der Waals surface area contributed by atoms with Gasteiger partial charge in [0, 0.05) is 41.8 Å². The third kappa shape index (κ3) is 4.32. The molecule has 0 spiro atoms. The standard InChI is InChI=1S/C20H17NO6.Na/c1-2-14(22)11-16(12-7-9-13(10-8-12)21(25)26)18-19(23)15-5-3-4-6-17(15)27-20(18)24;/h3-10,16,23H,2,11H2,1H3;/q;+1/p-1. The van der Waals surface area contributed by atoms with Crippen LogP contribution in [0.1, 0.15) is 36.8 Å². The molecule has 0 aliphatic rings. The second-order valence-corrected chi connectivity index (χ2v) is 6.13. The molecule has 0 N–H and O–H groups in total. The Balaban J connectivity index is 0.00000280. The van der Waals surface area contributed by atoms with Crippen LogP contribution in [0.4, 0.5) is 5.69 Å². The minimum absolute atomic E-state index is 0. The maximum atomic E-state index is 12.9. The molecule has 0 amide bonds. The molecule has 0 radical (unpaired) electrons. The van der Waals surface area contributed by atoms with E-state index in [1.165, 1.54) is 30.3 Å². The molecule has 2 aromatic carbocycles. The summed E-state index contributed by atoms with van der Waals surface area (Å²) >= 11 is 0. The van der Waals surface area contributed by atoms with Crippen molar-refractivity contribution in [2.24, 2.45) is 0 Å². The number of nitro benzene ring substituents is 1. The first-order valence-electron chi connectivity index (χ1n) is 8.41. The summed E-state index contributed by atoms with van der Waals surface area (Å²) in [5, 5.41) is 24.0. The predicted octanol–water partition coefficient (Wildman–Crippen LogP) is 0.280. The van der Waals surface area contributed by atoms with Crippen LogP contribution in [0.2, 0.25) is 0 Å². The van der Waals surface area contributed by atoms with Crippen molar-refractivity contribution in [3.8, 4) is 5.75 Å². The molecule has 0 aliphatic heterocycles. The Hall–Kier alpha value is -2.48. The van der Waals surface area contributed by atoms with Crippen molar-refractivity contribution in [2.75, 3.05) is 0 Å². The van der Waals surface area contributed by atoms with E-state index in [-0.39, 0.29) is 70.4 Å². The zero-order valence-corrected chi connectivity index (χ0v) is 17.5. The first-order valence-corrected chi connectivity index (χ1v) is 8.41. The molecule has 1 aromatic heterocycles. The smallest absolute Gasteiger partial charge is 0.872 e. The normalized spacial score (nSPS) is 11.6. The summed E-state index contributed by atoms with van der Waals surface area (Å²) in [4.78, 5) is 34.9. The monoisotopic (exact) mass is 389 g/mol. The third-order valence-electron chi connectivity index (χ3n) is 4.48. The largest absolute Gasteiger partial charge is 1.00 e. The third-order valence-corrected chi connectivity index (χ3v) is 4.48. The molecule has 0 bridgehead atoms. The van der Waals surface area contributed by atoms with Gasteiger partial charge in [-0.2, -0.15) is 0 Å². The fraction of sp³-hybridized carbons (Fsp3) is 0.200. The van der Waals surface area contributed by atoms with Crippen LogP contribution in [0.25, 0.3) is 11.0 Å². The number of hydrogen-bond acceptors (Lipinski definition) is 6. The zero-order valence-electron chi connectivity index (χ0n) is 15.5. The molecule has 1 atom stereocenters. The number of benzene rings is 2. The van der Waals surface area contributed by atoms with Gasteiger partial charge in [-0.25, -0.2) is 4.79 Å². The molecular formula is C20H16NNaO6. The van der Waals surface area contributed by atoms with Crippen LogP contribution in [0.3, 0.4) is 0 Å². The van der Waals surface area contributed by atoms with Crippen LogP contribution in [-0.4, -0.2) is 10.7 Å². The molecule has 0 saturated heterocycles. The Kier molecular flexibility index (Phi) is 7.12. The number of rotatable bonds is 6. The van der Waals surface area contributed by atoms with Gasteiger partial charge in [0.1, 0.15) is 11.4 Å². The maximum absolute atomic E-state index is 12.9. The second kappa shape index (κ2) is 9.14. The summed E-state index contributed by atoms with van der Waals surface area (Å²) in [6.07, 6.45) is 0.184. The van der Waals surface area contributed by atoms with Crippen LogP contribution < -0.4 is 40.3 Å². The summed E-state index contributed by atoms with van der Waals surface area (Å²) in [5.41, 5.74) is -0.398. The van der Waals surface area contributed by atoms with E-state index in [0.29, 0.717) is 5.56 Å². The van der Waals surface area contributed by atoms with E-state index < -0.39 is 22.2 Å². The van der Waals surface area contributed by atoms with Gasteiger partial charge in [-0.1, -0.05) is 43.0 Å². The van der Waals surface area contributed by atoms with Crippen molar-refractivity contribution >= 4 is 22.4 Å². The van der Waals surface area contributed by atoms with Crippen LogP contribution in [-0.2, 0) is 4.79 Å². The number of nitrogens with zero attached hydrogens (tertiary/aromatic N) is 1. The Morgan fingerprint density at radius 2 is 1.79 bits per heavy atom. The molecule has 1 unspecified atom stereocenters. The number of non-ortho nitro benzene ring substituents is 1. The Morgan fingerprint density at radius 3 is 2.39 bits per heavy atom. The topological polar surface area (TPSA) is 113 Å². The van der Waals surface area contributed by atoms with E-state index in [0.717, 1.165) is 0 Å². The van der Waals surface area contributed by atoms with Gasteiger partial charge in [0.15, 0.2) is 0 Å². The maximum Gasteiger partial charge on any atom is 1.00 e. The van der Waals surface area contributed by atoms with Gasteiger partial charge in [0.25, 0.3) is 5.69 Å². The Morgan fingerprint density at radius 1 is 1.14 bits per heavy atom. The first-order chi connectivity index (χ1) is 12.9. The molecule has 138 valence electrons. The average Bonchev–Trinajstić information content (AvgIpc) is 2.67. The van der Waals surface area contributed by atoms with Crippen LogP contribution in [0.5, 0.6) is 5.75 Å². The quantitative estimate of drug-likeness (QED) is 0.259. The van der Waals surface area contributed by atoms with E-state index in [1.807, 2.05) is 0 Å². The van der Waals surface area contributed by atoms with Gasteiger partial charge >= 0.3 is 35.2 Å². The molecular weight excluding hydrogens is 373 g/mol. The van der Waals surface area contributed by atoms with E-state index in [1.54, 1.807) is 25.1 Å². The van der Waals surface area contributed by atoms with Gasteiger partial charge in [-0.3, -0.25) is 14.9 Å². The summed E-state index contributed by atoms with van der Waals surface area (Å²) in [6.45, 7) is 1.69. The summed E-state index contributed by atoms with van der Waals surface area (Å²) < 4.78 is 5.28. The molecule has 0 aliphatic carbocycles. The number of nitro groups is 1. The van der Waals surface area contributed by atoms with Gasteiger partial charge < -0.3 is 9.52 Å². The number of Topliss-reactive ketones (excluding diaryl/α,β-unsaturated/α-hetero) is 1. The van der Waals surface area contributed by atoms with Gasteiger partial charge in [0.05, 0.1) is 4.92 Å². The van der Waals surface area contributed by atoms with Gasteiger partial charge in [-0.05, 0) is 11.6 Å². The summed E-state index contributed by atoms with van der Waals surface area (Å²) in [6, 6.07) is 11.9. The van der Waals surface area contributed by atoms with E-state index >= 15 is 0 Å². The molecule has 1 heterocycles. The minimum Gasteiger partial charge on any atom is -0.872 e. The number of carbonyl (C=O) groups is 1. The Bertz CT molecular complexity index is 1070. The predicted molar refractivity (Wildman–Crippen MR) is 96.8 cm³/mol. The van der Waals surface area contributed by atoms with Crippen molar-refractivity contribution in [3.63, 3.8) is 0 Å². The molecule has 3 rings (SSSR count). The van der Waals surface area contributed by atoms with Gasteiger partial charge in [-0.15, -0.1) is 0 Å². The van der Waals surface area contributed by atoms with E-state index in [4.69, 9.17) is 4.42 Å². The molecule has 7 nitrogen and oxygen atoms in total. The number of para-hydroxylation sites is 1. The summed E-state index contributed by atoms with van der Waals surface area (Å²) in [5.74, 6) is -1.45. The number of fused-ring (bicyclic) bond motifs is 1. The molecule has 0 fully saturated rings. The number of hydrogen-bond donors (Lipinski definition) is 0. The minimum atomic E-state index is -0.827. The van der Waals surface area contributed by atoms with Crippen LogP contribution in [0.15, 0.2) is 57.7 Å². The molecule has 28 heavy (non-hydrogen) atoms. The molecule has 3 aromatic rings. The van der Waals surface area contributed by atoms with Crippen molar-refractivity contribution in [1.82, 2.24) is 0 Å². The van der Waals surface area contributed by atoms with Crippen molar-refractivity contribution in [3.05, 3.63) is 80.2 Å².